The number of hydrogen-bond acceptors (Lipinski definition) is 2. The summed E-state index contributed by atoms with van der Waals surface area (Å²) >= 11 is 0. The highest BCUT2D eigenvalue weighted by atomic mass is 16.3. The van der Waals surface area contributed by atoms with E-state index in [1.54, 1.807) is 0 Å². The average molecular weight is 254 g/mol. The second kappa shape index (κ2) is 5.47. The fourth-order valence-corrected chi connectivity index (χ4v) is 3.23. The fourth-order valence-electron chi connectivity index (χ4n) is 3.23. The summed E-state index contributed by atoms with van der Waals surface area (Å²) in [6.07, 6.45) is 5.53. The van der Waals surface area contributed by atoms with Crippen LogP contribution in [-0.2, 0) is 0 Å². The molecule has 4 heteroatoms. The third-order valence-electron chi connectivity index (χ3n) is 4.62. The molecule has 1 saturated carbocycles. The van der Waals surface area contributed by atoms with Crippen molar-refractivity contribution < 1.29 is 9.90 Å². The van der Waals surface area contributed by atoms with E-state index in [1.165, 1.54) is 12.8 Å². The molecule has 2 amide bonds. The minimum absolute atomic E-state index is 0.0631. The van der Waals surface area contributed by atoms with Gasteiger partial charge in [0.1, 0.15) is 0 Å². The van der Waals surface area contributed by atoms with Crippen LogP contribution in [0, 0.1) is 11.3 Å². The molecule has 0 bridgehead atoms. The Labute approximate surface area is 110 Å². The second-order valence-electron chi connectivity index (χ2n) is 6.52. The first-order valence-corrected chi connectivity index (χ1v) is 7.19. The third-order valence-corrected chi connectivity index (χ3v) is 4.62. The van der Waals surface area contributed by atoms with Crippen LogP contribution in [0.2, 0.25) is 0 Å². The molecule has 0 radical (unpaired) electrons. The van der Waals surface area contributed by atoms with Gasteiger partial charge in [0.15, 0.2) is 0 Å². The Morgan fingerprint density at radius 1 is 1.39 bits per heavy atom. The molecule has 0 aromatic heterocycles. The molecule has 2 atom stereocenters. The van der Waals surface area contributed by atoms with Gasteiger partial charge in [-0.3, -0.25) is 0 Å². The highest BCUT2D eigenvalue weighted by molar-refractivity contribution is 5.74. The van der Waals surface area contributed by atoms with Gasteiger partial charge >= 0.3 is 6.03 Å². The van der Waals surface area contributed by atoms with E-state index < -0.39 is 0 Å². The lowest BCUT2D eigenvalue weighted by molar-refractivity contribution is 0.124. The van der Waals surface area contributed by atoms with Crippen molar-refractivity contribution in [1.29, 1.82) is 0 Å². The van der Waals surface area contributed by atoms with Crippen molar-refractivity contribution in [2.45, 2.75) is 52.0 Å². The molecular weight excluding hydrogens is 228 g/mol. The zero-order valence-electron chi connectivity index (χ0n) is 11.6. The molecular formula is C14H26N2O2. The maximum atomic E-state index is 12.2. The number of aliphatic hydroxyl groups is 1. The van der Waals surface area contributed by atoms with Crippen molar-refractivity contribution in [3.63, 3.8) is 0 Å². The van der Waals surface area contributed by atoms with Crippen LogP contribution in [0.5, 0.6) is 0 Å². The standard InChI is InChI=1S/C14H26N2O2/c1-14(2)7-3-6-12(14)15-13(18)16-8-4-5-11(9-16)10-17/h11-12,17H,3-10H2,1-2H3,(H,15,18). The van der Waals surface area contributed by atoms with Gasteiger partial charge in [0.05, 0.1) is 0 Å². The van der Waals surface area contributed by atoms with Gasteiger partial charge < -0.3 is 15.3 Å². The number of piperidine rings is 1. The van der Waals surface area contributed by atoms with Crippen LogP contribution in [-0.4, -0.2) is 41.8 Å². The van der Waals surface area contributed by atoms with Crippen molar-refractivity contribution in [2.24, 2.45) is 11.3 Å². The molecule has 2 aliphatic rings. The van der Waals surface area contributed by atoms with E-state index >= 15 is 0 Å². The van der Waals surface area contributed by atoms with E-state index in [-0.39, 0.29) is 24.0 Å². The van der Waals surface area contributed by atoms with Crippen LogP contribution in [0.4, 0.5) is 4.79 Å². The van der Waals surface area contributed by atoms with Crippen molar-refractivity contribution >= 4 is 6.03 Å². The molecule has 1 aliphatic carbocycles. The Bertz CT molecular complexity index is 304. The topological polar surface area (TPSA) is 52.6 Å². The second-order valence-corrected chi connectivity index (χ2v) is 6.52. The summed E-state index contributed by atoms with van der Waals surface area (Å²) < 4.78 is 0. The quantitative estimate of drug-likeness (QED) is 0.791. The van der Waals surface area contributed by atoms with Gasteiger partial charge in [-0.25, -0.2) is 4.79 Å². The van der Waals surface area contributed by atoms with Gasteiger partial charge in [-0.15, -0.1) is 0 Å². The Morgan fingerprint density at radius 2 is 2.17 bits per heavy atom. The lowest BCUT2D eigenvalue weighted by Gasteiger charge is -2.35. The van der Waals surface area contributed by atoms with Gasteiger partial charge in [-0.05, 0) is 37.0 Å². The first-order chi connectivity index (χ1) is 8.53. The van der Waals surface area contributed by atoms with E-state index in [9.17, 15) is 9.90 Å². The monoisotopic (exact) mass is 254 g/mol. The van der Waals surface area contributed by atoms with E-state index in [1.807, 2.05) is 4.90 Å². The Balaban J connectivity index is 1.87. The average Bonchev–Trinajstić information content (AvgIpc) is 2.69. The van der Waals surface area contributed by atoms with Gasteiger partial charge in [0.2, 0.25) is 0 Å². The van der Waals surface area contributed by atoms with Crippen molar-refractivity contribution in [2.75, 3.05) is 19.7 Å². The maximum Gasteiger partial charge on any atom is 0.317 e. The molecule has 18 heavy (non-hydrogen) atoms. The highest BCUT2D eigenvalue weighted by Crippen LogP contribution is 2.37. The Hall–Kier alpha value is -0.770. The van der Waals surface area contributed by atoms with Crippen molar-refractivity contribution in [3.8, 4) is 0 Å². The number of carbonyl (C=O) groups is 1. The summed E-state index contributed by atoms with van der Waals surface area (Å²) in [6.45, 7) is 6.19. The largest absolute Gasteiger partial charge is 0.396 e. The SMILES string of the molecule is CC1(C)CCCC1NC(=O)N1CCCC(CO)C1. The predicted molar refractivity (Wildman–Crippen MR) is 71.3 cm³/mol. The Morgan fingerprint density at radius 3 is 2.78 bits per heavy atom. The summed E-state index contributed by atoms with van der Waals surface area (Å²) in [5.74, 6) is 0.265. The zero-order chi connectivity index (χ0) is 13.2. The van der Waals surface area contributed by atoms with Gasteiger partial charge in [-0.2, -0.15) is 0 Å². The van der Waals surface area contributed by atoms with Crippen molar-refractivity contribution in [3.05, 3.63) is 0 Å². The number of likely N-dealkylation sites (tertiary alicyclic amines) is 1. The number of carbonyl (C=O) groups excluding carboxylic acids is 1. The lowest BCUT2D eigenvalue weighted by Crippen LogP contribution is -2.51. The molecule has 0 aromatic rings. The molecule has 1 saturated heterocycles. The number of nitrogens with one attached hydrogen (secondary N) is 1. The van der Waals surface area contributed by atoms with Gasteiger partial charge in [-0.1, -0.05) is 20.3 Å². The summed E-state index contributed by atoms with van der Waals surface area (Å²) in [6, 6.07) is 0.368. The van der Waals surface area contributed by atoms with E-state index in [0.29, 0.717) is 12.6 Å². The first-order valence-electron chi connectivity index (χ1n) is 7.19. The first kappa shape index (κ1) is 13.7. The van der Waals surface area contributed by atoms with Crippen molar-refractivity contribution in [1.82, 2.24) is 10.2 Å². The number of urea groups is 1. The number of aliphatic hydroxyl groups excluding tert-OH is 1. The zero-order valence-corrected chi connectivity index (χ0v) is 11.6. The molecule has 0 aromatic carbocycles. The number of amides is 2. The molecule has 1 aliphatic heterocycles. The van der Waals surface area contributed by atoms with Crippen LogP contribution < -0.4 is 5.32 Å². The molecule has 2 fully saturated rings. The van der Waals surface area contributed by atoms with E-state index in [2.05, 4.69) is 19.2 Å². The minimum Gasteiger partial charge on any atom is -0.396 e. The number of rotatable bonds is 2. The van der Waals surface area contributed by atoms with Gasteiger partial charge in [0.25, 0.3) is 0 Å². The summed E-state index contributed by atoms with van der Waals surface area (Å²) in [5.41, 5.74) is 0.224. The predicted octanol–water partition coefficient (Wildman–Crippen LogP) is 1.98. The summed E-state index contributed by atoms with van der Waals surface area (Å²) in [4.78, 5) is 14.1. The maximum absolute atomic E-state index is 12.2. The highest BCUT2D eigenvalue weighted by Gasteiger charge is 2.36. The minimum atomic E-state index is 0.0631. The van der Waals surface area contributed by atoms with E-state index in [4.69, 9.17) is 0 Å². The number of nitrogens with zero attached hydrogens (tertiary/aromatic N) is 1. The van der Waals surface area contributed by atoms with Crippen LogP contribution >= 0.6 is 0 Å². The van der Waals surface area contributed by atoms with E-state index in [0.717, 1.165) is 25.8 Å². The fraction of sp³-hybridized carbons (Fsp3) is 0.929. The molecule has 104 valence electrons. The molecule has 2 unspecified atom stereocenters. The molecule has 4 nitrogen and oxygen atoms in total. The normalized spacial score (nSPS) is 31.4. The summed E-state index contributed by atoms with van der Waals surface area (Å²) in [7, 11) is 0. The molecule has 1 heterocycles. The lowest BCUT2D eigenvalue weighted by atomic mass is 9.87. The molecule has 2 N–H and O–H groups in total. The molecule has 0 spiro atoms. The Kier molecular flexibility index (Phi) is 4.15. The van der Waals surface area contributed by atoms with Crippen LogP contribution in [0.15, 0.2) is 0 Å². The van der Waals surface area contributed by atoms with Crippen LogP contribution in [0.3, 0.4) is 0 Å². The van der Waals surface area contributed by atoms with Crippen LogP contribution in [0.25, 0.3) is 0 Å². The van der Waals surface area contributed by atoms with Gasteiger partial charge in [0, 0.05) is 25.7 Å². The van der Waals surface area contributed by atoms with Crippen LogP contribution in [0.1, 0.15) is 46.0 Å². The smallest absolute Gasteiger partial charge is 0.317 e. The summed E-state index contributed by atoms with van der Waals surface area (Å²) in [5, 5.41) is 12.4. The third kappa shape index (κ3) is 2.97. The molecule has 2 rings (SSSR count). The number of hydrogen-bond donors (Lipinski definition) is 2.